The summed E-state index contributed by atoms with van der Waals surface area (Å²) < 4.78 is 23.0. The van der Waals surface area contributed by atoms with Gasteiger partial charge in [-0.3, -0.25) is 0 Å². The average molecular weight is 289 g/mol. The molecule has 0 radical (unpaired) electrons. The van der Waals surface area contributed by atoms with Crippen molar-refractivity contribution >= 4 is 11.9 Å². The Morgan fingerprint density at radius 2 is 1.90 bits per heavy atom. The fourth-order valence-corrected chi connectivity index (χ4v) is 1.53. The lowest BCUT2D eigenvalue weighted by Gasteiger charge is -2.05. The van der Waals surface area contributed by atoms with Crippen molar-refractivity contribution in [3.05, 3.63) is 59.7 Å². The van der Waals surface area contributed by atoms with Crippen molar-refractivity contribution in [3.63, 3.8) is 0 Å². The molecule has 0 unspecified atom stereocenters. The van der Waals surface area contributed by atoms with Crippen LogP contribution in [0.15, 0.2) is 42.6 Å². The molecule has 2 aromatic rings. The van der Waals surface area contributed by atoms with Crippen LogP contribution in [-0.4, -0.2) is 23.5 Å². The Morgan fingerprint density at radius 3 is 2.52 bits per heavy atom. The van der Waals surface area contributed by atoms with E-state index in [1.54, 1.807) is 13.0 Å². The Morgan fingerprint density at radius 1 is 1.14 bits per heavy atom. The van der Waals surface area contributed by atoms with Crippen LogP contribution < -0.4 is 4.74 Å². The predicted molar refractivity (Wildman–Crippen MR) is 71.6 cm³/mol. The van der Waals surface area contributed by atoms with Crippen molar-refractivity contribution in [3.8, 4) is 5.75 Å². The quantitative estimate of drug-likeness (QED) is 0.639. The first-order chi connectivity index (χ1) is 10.1. The average Bonchev–Trinajstić information content (AvgIpc) is 2.50. The van der Waals surface area contributed by atoms with E-state index in [1.165, 1.54) is 36.5 Å². The number of nitrogens with zero attached hydrogens (tertiary/aromatic N) is 1. The van der Waals surface area contributed by atoms with Gasteiger partial charge in [0, 0.05) is 6.20 Å². The zero-order valence-corrected chi connectivity index (χ0v) is 11.2. The zero-order chi connectivity index (χ0) is 15.2. The number of aromatic nitrogens is 1. The topological polar surface area (TPSA) is 65.5 Å². The SMILES string of the molecule is CCOC(=O)c1ccc(C(=O)Oc2ccccc2F)nc1. The van der Waals surface area contributed by atoms with E-state index >= 15 is 0 Å². The van der Waals surface area contributed by atoms with Gasteiger partial charge >= 0.3 is 11.9 Å². The summed E-state index contributed by atoms with van der Waals surface area (Å²) in [6.45, 7) is 1.93. The molecule has 1 aromatic heterocycles. The first-order valence-electron chi connectivity index (χ1n) is 6.21. The van der Waals surface area contributed by atoms with Crippen molar-refractivity contribution in [2.75, 3.05) is 6.61 Å². The summed E-state index contributed by atoms with van der Waals surface area (Å²) >= 11 is 0. The molecule has 21 heavy (non-hydrogen) atoms. The van der Waals surface area contributed by atoms with E-state index in [1.807, 2.05) is 0 Å². The van der Waals surface area contributed by atoms with Gasteiger partial charge in [0.25, 0.3) is 0 Å². The summed E-state index contributed by atoms with van der Waals surface area (Å²) in [6, 6.07) is 8.25. The van der Waals surface area contributed by atoms with E-state index in [4.69, 9.17) is 9.47 Å². The molecule has 108 valence electrons. The summed E-state index contributed by atoms with van der Waals surface area (Å²) in [5, 5.41) is 0. The Kier molecular flexibility index (Phi) is 4.61. The summed E-state index contributed by atoms with van der Waals surface area (Å²) in [5.41, 5.74) is 0.186. The van der Waals surface area contributed by atoms with E-state index < -0.39 is 17.8 Å². The Hall–Kier alpha value is -2.76. The monoisotopic (exact) mass is 289 g/mol. The number of para-hydroxylation sites is 1. The van der Waals surface area contributed by atoms with Gasteiger partial charge in [0.2, 0.25) is 0 Å². The van der Waals surface area contributed by atoms with E-state index in [9.17, 15) is 14.0 Å². The number of rotatable bonds is 4. The highest BCUT2D eigenvalue weighted by Crippen LogP contribution is 2.16. The summed E-state index contributed by atoms with van der Waals surface area (Å²) in [6.07, 6.45) is 1.20. The maximum absolute atomic E-state index is 13.4. The van der Waals surface area contributed by atoms with Gasteiger partial charge in [-0.15, -0.1) is 0 Å². The van der Waals surface area contributed by atoms with Crippen LogP contribution in [0.5, 0.6) is 5.75 Å². The molecular formula is C15H12FNO4. The van der Waals surface area contributed by atoms with Gasteiger partial charge in [0.1, 0.15) is 5.69 Å². The van der Waals surface area contributed by atoms with Crippen LogP contribution in [0, 0.1) is 5.82 Å². The molecule has 6 heteroatoms. The van der Waals surface area contributed by atoms with Crippen LogP contribution in [0.1, 0.15) is 27.8 Å². The Labute approximate surface area is 120 Å². The van der Waals surface area contributed by atoms with Crippen molar-refractivity contribution < 1.29 is 23.5 Å². The third-order valence-corrected chi connectivity index (χ3v) is 2.52. The minimum absolute atomic E-state index is 0.0358. The van der Waals surface area contributed by atoms with E-state index in [0.29, 0.717) is 0 Å². The fourth-order valence-electron chi connectivity index (χ4n) is 1.53. The molecule has 1 heterocycles. The third kappa shape index (κ3) is 3.62. The van der Waals surface area contributed by atoms with Gasteiger partial charge in [-0.05, 0) is 31.2 Å². The molecular weight excluding hydrogens is 277 g/mol. The second-order valence-corrected chi connectivity index (χ2v) is 3.97. The van der Waals surface area contributed by atoms with Gasteiger partial charge in [-0.1, -0.05) is 12.1 Å². The predicted octanol–water partition coefficient (Wildman–Crippen LogP) is 2.62. The number of esters is 2. The highest BCUT2D eigenvalue weighted by molar-refractivity contribution is 5.92. The molecule has 5 nitrogen and oxygen atoms in total. The number of carbonyl (C=O) groups excluding carboxylic acids is 2. The molecule has 0 bridgehead atoms. The van der Waals surface area contributed by atoms with Crippen molar-refractivity contribution in [2.24, 2.45) is 0 Å². The molecule has 0 spiro atoms. The maximum Gasteiger partial charge on any atom is 0.362 e. The largest absolute Gasteiger partial charge is 0.462 e. The van der Waals surface area contributed by atoms with Crippen LogP contribution >= 0.6 is 0 Å². The Bertz CT molecular complexity index is 655. The summed E-state index contributed by atoms with van der Waals surface area (Å²) in [4.78, 5) is 27.0. The van der Waals surface area contributed by atoms with E-state index in [0.717, 1.165) is 0 Å². The molecule has 0 aliphatic heterocycles. The number of ether oxygens (including phenoxy) is 2. The smallest absolute Gasteiger partial charge is 0.362 e. The van der Waals surface area contributed by atoms with Crippen LogP contribution in [0.4, 0.5) is 4.39 Å². The van der Waals surface area contributed by atoms with Gasteiger partial charge in [-0.2, -0.15) is 0 Å². The van der Waals surface area contributed by atoms with Crippen LogP contribution in [0.2, 0.25) is 0 Å². The van der Waals surface area contributed by atoms with Gasteiger partial charge in [0.15, 0.2) is 11.6 Å². The second-order valence-electron chi connectivity index (χ2n) is 3.97. The highest BCUT2D eigenvalue weighted by atomic mass is 19.1. The van der Waals surface area contributed by atoms with Crippen LogP contribution in [-0.2, 0) is 4.74 Å². The molecule has 2 rings (SSSR count). The number of carbonyl (C=O) groups is 2. The normalized spacial score (nSPS) is 10.0. The number of halogens is 1. The van der Waals surface area contributed by atoms with E-state index in [2.05, 4.69) is 4.98 Å². The lowest BCUT2D eigenvalue weighted by atomic mass is 10.2. The van der Waals surface area contributed by atoms with Crippen molar-refractivity contribution in [2.45, 2.75) is 6.92 Å². The fraction of sp³-hybridized carbons (Fsp3) is 0.133. The number of hydrogen-bond acceptors (Lipinski definition) is 5. The lowest BCUT2D eigenvalue weighted by molar-refractivity contribution is 0.0524. The number of pyridine rings is 1. The molecule has 0 saturated carbocycles. The summed E-state index contributed by atoms with van der Waals surface area (Å²) in [5.74, 6) is -2.16. The van der Waals surface area contributed by atoms with Crippen LogP contribution in [0.25, 0.3) is 0 Å². The molecule has 0 aliphatic rings. The number of hydrogen-bond donors (Lipinski definition) is 0. The maximum atomic E-state index is 13.4. The first kappa shape index (κ1) is 14.6. The number of benzene rings is 1. The molecule has 0 saturated heterocycles. The second kappa shape index (κ2) is 6.60. The van der Waals surface area contributed by atoms with Crippen molar-refractivity contribution in [1.82, 2.24) is 4.98 Å². The van der Waals surface area contributed by atoms with Gasteiger partial charge in [0.05, 0.1) is 12.2 Å². The minimum atomic E-state index is -0.810. The summed E-state index contributed by atoms with van der Waals surface area (Å²) in [7, 11) is 0. The lowest BCUT2D eigenvalue weighted by Crippen LogP contribution is -2.12. The molecule has 0 atom stereocenters. The molecule has 0 N–H and O–H groups in total. The minimum Gasteiger partial charge on any atom is -0.462 e. The molecule has 0 fully saturated rings. The molecule has 0 aliphatic carbocycles. The zero-order valence-electron chi connectivity index (χ0n) is 11.2. The standard InChI is InChI=1S/C15H12FNO4/c1-2-20-14(18)10-7-8-12(17-9-10)15(19)21-13-6-4-3-5-11(13)16/h3-9H,2H2,1H3. The van der Waals surface area contributed by atoms with Gasteiger partial charge in [-0.25, -0.2) is 19.0 Å². The van der Waals surface area contributed by atoms with Crippen molar-refractivity contribution in [1.29, 1.82) is 0 Å². The molecule has 0 amide bonds. The van der Waals surface area contributed by atoms with E-state index in [-0.39, 0.29) is 23.6 Å². The van der Waals surface area contributed by atoms with Gasteiger partial charge < -0.3 is 9.47 Å². The van der Waals surface area contributed by atoms with Crippen LogP contribution in [0.3, 0.4) is 0 Å². The highest BCUT2D eigenvalue weighted by Gasteiger charge is 2.14. The third-order valence-electron chi connectivity index (χ3n) is 2.52. The first-order valence-corrected chi connectivity index (χ1v) is 6.21. The Balaban J connectivity index is 2.10. The molecule has 1 aromatic carbocycles.